The number of nitrogens with two attached hydrogens (primary N) is 1. The average Bonchev–Trinajstić information content (AvgIpc) is 3.02. The van der Waals surface area contributed by atoms with E-state index in [0.29, 0.717) is 11.7 Å². The van der Waals surface area contributed by atoms with Gasteiger partial charge in [0, 0.05) is 26.5 Å². The molecule has 1 heterocycles. The smallest absolute Gasteiger partial charge is 0.306 e. The molecule has 1 aromatic heterocycles. The molecular weight excluding hydrogens is 358 g/mol. The van der Waals surface area contributed by atoms with Crippen LogP contribution in [0.25, 0.3) is 0 Å². The van der Waals surface area contributed by atoms with Gasteiger partial charge >= 0.3 is 5.97 Å². The molecule has 1 aromatic rings. The molecule has 3 nitrogen and oxygen atoms in total. The Kier molecular flexibility index (Phi) is 5.56. The van der Waals surface area contributed by atoms with Crippen molar-refractivity contribution in [1.82, 2.24) is 0 Å². The monoisotopic (exact) mass is 377 g/mol. The zero-order chi connectivity index (χ0) is 14.8. The maximum absolute atomic E-state index is 11.5. The van der Waals surface area contributed by atoms with Crippen molar-refractivity contribution in [3.63, 3.8) is 0 Å². The maximum Gasteiger partial charge on any atom is 0.306 e. The molecule has 6 heteroatoms. The van der Waals surface area contributed by atoms with Crippen molar-refractivity contribution in [1.29, 1.82) is 0 Å². The van der Waals surface area contributed by atoms with Gasteiger partial charge in [0.15, 0.2) is 0 Å². The van der Waals surface area contributed by atoms with Gasteiger partial charge in [0.2, 0.25) is 0 Å². The number of hydrogen-bond acceptors (Lipinski definition) is 5. The summed E-state index contributed by atoms with van der Waals surface area (Å²) < 4.78 is 5.90. The van der Waals surface area contributed by atoms with Crippen molar-refractivity contribution in [3.8, 4) is 0 Å². The second kappa shape index (κ2) is 6.81. The molecule has 112 valence electrons. The Morgan fingerprint density at radius 3 is 2.80 bits per heavy atom. The maximum atomic E-state index is 11.5. The van der Waals surface area contributed by atoms with Crippen LogP contribution in [0.1, 0.15) is 36.3 Å². The lowest BCUT2D eigenvalue weighted by atomic mass is 10.1. The number of esters is 1. The van der Waals surface area contributed by atoms with Crippen LogP contribution in [-0.2, 0) is 9.53 Å². The van der Waals surface area contributed by atoms with Crippen LogP contribution >= 0.6 is 39.0 Å². The quantitative estimate of drug-likeness (QED) is 0.730. The molecule has 2 N–H and O–H groups in total. The van der Waals surface area contributed by atoms with Crippen LogP contribution in [-0.4, -0.2) is 24.9 Å². The van der Waals surface area contributed by atoms with Crippen LogP contribution in [0.5, 0.6) is 0 Å². The number of methoxy groups -OCH3 is 1. The minimum absolute atomic E-state index is 0.0967. The van der Waals surface area contributed by atoms with Crippen molar-refractivity contribution in [2.45, 2.75) is 37.5 Å². The van der Waals surface area contributed by atoms with E-state index >= 15 is 0 Å². The minimum atomic E-state index is -0.0979. The molecule has 20 heavy (non-hydrogen) atoms. The fourth-order valence-corrected chi connectivity index (χ4v) is 5.53. The molecule has 0 bridgehead atoms. The third-order valence-corrected chi connectivity index (χ3v) is 7.37. The topological polar surface area (TPSA) is 52.3 Å². The molecule has 1 aliphatic rings. The van der Waals surface area contributed by atoms with Crippen molar-refractivity contribution in [2.75, 3.05) is 12.9 Å². The number of thiophene rings is 1. The molecular formula is C14H20BrNO2S2. The summed E-state index contributed by atoms with van der Waals surface area (Å²) in [5.41, 5.74) is 6.29. The van der Waals surface area contributed by atoms with E-state index in [1.165, 1.54) is 12.0 Å². The third-order valence-electron chi connectivity index (χ3n) is 3.62. The van der Waals surface area contributed by atoms with E-state index in [-0.39, 0.29) is 17.4 Å². The molecule has 2 rings (SSSR count). The Morgan fingerprint density at radius 1 is 1.65 bits per heavy atom. The van der Waals surface area contributed by atoms with Crippen LogP contribution in [0.4, 0.5) is 0 Å². The molecule has 1 aliphatic carbocycles. The van der Waals surface area contributed by atoms with E-state index in [2.05, 4.69) is 27.4 Å². The number of carbonyl (C=O) groups excluding carboxylic acids is 1. The zero-order valence-electron chi connectivity index (χ0n) is 11.7. The summed E-state index contributed by atoms with van der Waals surface area (Å²) >= 11 is 7.10. The number of thioether (sulfide) groups is 1. The second-order valence-corrected chi connectivity index (χ2v) is 8.50. The summed E-state index contributed by atoms with van der Waals surface area (Å²) in [5.74, 6) is 0.878. The van der Waals surface area contributed by atoms with Gasteiger partial charge in [-0.15, -0.1) is 11.3 Å². The Bertz CT molecular complexity index is 471. The number of ether oxygens (including phenoxy) is 1. The molecule has 1 saturated carbocycles. The van der Waals surface area contributed by atoms with E-state index in [1.54, 1.807) is 11.3 Å². The third kappa shape index (κ3) is 4.23. The van der Waals surface area contributed by atoms with Gasteiger partial charge in [-0.2, -0.15) is 11.8 Å². The predicted octanol–water partition coefficient (Wildman–Crippen LogP) is 3.98. The fraction of sp³-hybridized carbons (Fsp3) is 0.643. The molecule has 0 amide bonds. The normalized spacial score (nSPS) is 19.4. The van der Waals surface area contributed by atoms with Crippen LogP contribution < -0.4 is 5.73 Å². The molecule has 2 unspecified atom stereocenters. The minimum Gasteiger partial charge on any atom is -0.469 e. The highest BCUT2D eigenvalue weighted by Gasteiger charge is 2.45. The SMILES string of the molecule is COC(=O)CC1(CSC(c2cc(Br)cs2)C(C)N)CC1. The van der Waals surface area contributed by atoms with Gasteiger partial charge in [-0.25, -0.2) is 0 Å². The molecule has 2 atom stereocenters. The average molecular weight is 378 g/mol. The van der Waals surface area contributed by atoms with Gasteiger partial charge in [0.05, 0.1) is 18.8 Å². The van der Waals surface area contributed by atoms with E-state index in [1.807, 2.05) is 18.7 Å². The Labute approximate surface area is 136 Å². The van der Waals surface area contributed by atoms with E-state index < -0.39 is 0 Å². The standard InChI is InChI=1S/C14H20BrNO2S2/c1-9(16)13(11-5-10(15)7-19-11)20-8-14(3-4-14)6-12(17)18-2/h5,7,9,13H,3-4,6,8,16H2,1-2H3. The van der Waals surface area contributed by atoms with Gasteiger partial charge < -0.3 is 10.5 Å². The van der Waals surface area contributed by atoms with Crippen molar-refractivity contribution >= 4 is 45.0 Å². The molecule has 0 saturated heterocycles. The lowest BCUT2D eigenvalue weighted by Gasteiger charge is -2.22. The first kappa shape index (κ1) is 16.3. The first-order chi connectivity index (χ1) is 9.46. The summed E-state index contributed by atoms with van der Waals surface area (Å²) in [7, 11) is 1.46. The van der Waals surface area contributed by atoms with E-state index in [0.717, 1.165) is 23.1 Å². The highest BCUT2D eigenvalue weighted by atomic mass is 79.9. The number of halogens is 1. The van der Waals surface area contributed by atoms with E-state index in [4.69, 9.17) is 10.5 Å². The second-order valence-electron chi connectivity index (χ2n) is 5.51. The fourth-order valence-electron chi connectivity index (χ4n) is 2.16. The number of hydrogen-bond donors (Lipinski definition) is 1. The molecule has 1 fully saturated rings. The Hall–Kier alpha value is -0.0400. The van der Waals surface area contributed by atoms with Gasteiger partial charge in [-0.1, -0.05) is 0 Å². The lowest BCUT2D eigenvalue weighted by molar-refractivity contribution is -0.141. The van der Waals surface area contributed by atoms with Gasteiger partial charge in [0.25, 0.3) is 0 Å². The molecule has 0 spiro atoms. The van der Waals surface area contributed by atoms with Crippen LogP contribution in [0, 0.1) is 5.41 Å². The molecule has 0 aromatic carbocycles. The van der Waals surface area contributed by atoms with Crippen molar-refractivity contribution in [2.24, 2.45) is 11.1 Å². The van der Waals surface area contributed by atoms with Crippen LogP contribution in [0.15, 0.2) is 15.9 Å². The summed E-state index contributed by atoms with van der Waals surface area (Å²) in [5, 5.41) is 2.38. The van der Waals surface area contributed by atoms with Crippen LogP contribution in [0.2, 0.25) is 0 Å². The lowest BCUT2D eigenvalue weighted by Crippen LogP contribution is -2.23. The van der Waals surface area contributed by atoms with Crippen molar-refractivity contribution < 1.29 is 9.53 Å². The predicted molar refractivity (Wildman–Crippen MR) is 89.2 cm³/mol. The highest BCUT2D eigenvalue weighted by Crippen LogP contribution is 2.53. The summed E-state index contributed by atoms with van der Waals surface area (Å²) in [6, 6.07) is 2.24. The molecule has 0 aliphatic heterocycles. The summed E-state index contributed by atoms with van der Waals surface area (Å²) in [6.07, 6.45) is 2.78. The first-order valence-electron chi connectivity index (χ1n) is 6.64. The largest absolute Gasteiger partial charge is 0.469 e. The van der Waals surface area contributed by atoms with Crippen LogP contribution in [0.3, 0.4) is 0 Å². The number of rotatable bonds is 7. The van der Waals surface area contributed by atoms with Crippen molar-refractivity contribution in [3.05, 3.63) is 20.8 Å². The Morgan fingerprint density at radius 2 is 2.35 bits per heavy atom. The Balaban J connectivity index is 1.95. The first-order valence-corrected chi connectivity index (χ1v) is 9.36. The van der Waals surface area contributed by atoms with E-state index in [9.17, 15) is 4.79 Å². The highest BCUT2D eigenvalue weighted by molar-refractivity contribution is 9.10. The molecule has 0 radical (unpaired) electrons. The number of carbonyl (C=O) groups is 1. The zero-order valence-corrected chi connectivity index (χ0v) is 14.9. The van der Waals surface area contributed by atoms with Gasteiger partial charge in [0.1, 0.15) is 0 Å². The van der Waals surface area contributed by atoms with Gasteiger partial charge in [-0.3, -0.25) is 4.79 Å². The van der Waals surface area contributed by atoms with Gasteiger partial charge in [-0.05, 0) is 47.2 Å². The summed E-state index contributed by atoms with van der Waals surface area (Å²) in [6.45, 7) is 2.05. The summed E-state index contributed by atoms with van der Waals surface area (Å²) in [4.78, 5) is 12.8.